The van der Waals surface area contributed by atoms with Gasteiger partial charge in [0, 0.05) is 24.3 Å². The molecule has 3 heteroatoms. The Morgan fingerprint density at radius 1 is 0.958 bits per heavy atom. The summed E-state index contributed by atoms with van der Waals surface area (Å²) in [5.74, 6) is 0.528. The maximum absolute atomic E-state index is 12.5. The quantitative estimate of drug-likeness (QED) is 0.823. The summed E-state index contributed by atoms with van der Waals surface area (Å²) in [6, 6.07) is 21.4. The van der Waals surface area contributed by atoms with E-state index in [0.717, 1.165) is 19.4 Å². The van der Waals surface area contributed by atoms with Crippen molar-refractivity contribution in [3.63, 3.8) is 0 Å². The number of nitrogens with zero attached hydrogens (tertiary/aromatic N) is 1. The first-order valence-electron chi connectivity index (χ1n) is 8.40. The second-order valence-corrected chi connectivity index (χ2v) is 6.94. The monoisotopic (exact) mass is 343 g/mol. The van der Waals surface area contributed by atoms with Crippen LogP contribution in [0.1, 0.15) is 30.4 Å². The van der Waals surface area contributed by atoms with Crippen molar-refractivity contribution in [1.29, 1.82) is 0 Å². The van der Waals surface area contributed by atoms with Crippen LogP contribution in [0.25, 0.3) is 0 Å². The third-order valence-electron chi connectivity index (χ3n) is 5.09. The number of hydrogen-bond acceptors (Lipinski definition) is 2. The van der Waals surface area contributed by atoms with Crippen molar-refractivity contribution in [2.24, 2.45) is 5.92 Å². The molecule has 0 saturated heterocycles. The van der Waals surface area contributed by atoms with Crippen molar-refractivity contribution in [3.8, 4) is 0 Å². The summed E-state index contributed by atoms with van der Waals surface area (Å²) in [4.78, 5) is 14.6. The van der Waals surface area contributed by atoms with Crippen LogP contribution in [-0.2, 0) is 10.2 Å². The molecule has 128 valence electrons. The number of benzene rings is 2. The zero-order valence-corrected chi connectivity index (χ0v) is 15.3. The summed E-state index contributed by atoms with van der Waals surface area (Å²) < 4.78 is 0. The van der Waals surface area contributed by atoms with Crippen molar-refractivity contribution in [1.82, 2.24) is 4.90 Å². The lowest BCUT2D eigenvalue weighted by Crippen LogP contribution is -2.42. The second-order valence-electron chi connectivity index (χ2n) is 6.94. The molecule has 1 fully saturated rings. The molecule has 0 aromatic heterocycles. The number of halogens is 1. The molecule has 0 aliphatic heterocycles. The fourth-order valence-electron chi connectivity index (χ4n) is 3.99. The van der Waals surface area contributed by atoms with Gasteiger partial charge in [-0.1, -0.05) is 60.7 Å². The predicted molar refractivity (Wildman–Crippen MR) is 102 cm³/mol. The lowest BCUT2D eigenvalue weighted by molar-refractivity contribution is -0.126. The van der Waals surface area contributed by atoms with Crippen LogP contribution in [0.4, 0.5) is 0 Å². The van der Waals surface area contributed by atoms with Crippen LogP contribution >= 0.6 is 12.4 Å². The largest absolute Gasteiger partial charge is 0.309 e. The Bertz CT molecular complexity index is 615. The van der Waals surface area contributed by atoms with Gasteiger partial charge in [-0.05, 0) is 38.1 Å². The van der Waals surface area contributed by atoms with Gasteiger partial charge in [-0.2, -0.15) is 0 Å². The predicted octanol–water partition coefficient (Wildman–Crippen LogP) is 4.33. The van der Waals surface area contributed by atoms with E-state index in [0.29, 0.717) is 12.2 Å². The zero-order chi connectivity index (χ0) is 16.3. The third-order valence-corrected chi connectivity index (χ3v) is 5.09. The number of rotatable bonds is 4. The molecule has 3 rings (SSSR count). The minimum Gasteiger partial charge on any atom is -0.309 e. The van der Waals surface area contributed by atoms with Crippen LogP contribution in [0.3, 0.4) is 0 Å². The summed E-state index contributed by atoms with van der Waals surface area (Å²) in [7, 11) is 4.10. The SMILES string of the molecule is CN(C)CC1CC(c2ccccc2)(c2ccccc2)CCC1=O.Cl. The van der Waals surface area contributed by atoms with E-state index in [9.17, 15) is 4.79 Å². The minimum atomic E-state index is -0.0445. The lowest BCUT2D eigenvalue weighted by Gasteiger charge is -2.42. The van der Waals surface area contributed by atoms with E-state index in [1.165, 1.54) is 11.1 Å². The van der Waals surface area contributed by atoms with Crippen LogP contribution in [0.5, 0.6) is 0 Å². The first-order chi connectivity index (χ1) is 11.1. The Hall–Kier alpha value is -1.64. The van der Waals surface area contributed by atoms with Crippen molar-refractivity contribution in [2.75, 3.05) is 20.6 Å². The molecule has 0 amide bonds. The number of ketones is 1. The van der Waals surface area contributed by atoms with Crippen LogP contribution in [0.15, 0.2) is 60.7 Å². The highest BCUT2D eigenvalue weighted by Gasteiger charge is 2.42. The molecule has 2 nitrogen and oxygen atoms in total. The van der Waals surface area contributed by atoms with E-state index in [2.05, 4.69) is 79.7 Å². The molecule has 2 aromatic rings. The molecule has 1 aliphatic carbocycles. The molecule has 24 heavy (non-hydrogen) atoms. The van der Waals surface area contributed by atoms with Gasteiger partial charge in [0.15, 0.2) is 0 Å². The molecule has 0 spiro atoms. The zero-order valence-electron chi connectivity index (χ0n) is 14.4. The molecule has 1 unspecified atom stereocenters. The Kier molecular flexibility index (Phi) is 6.20. The first-order valence-corrected chi connectivity index (χ1v) is 8.40. The van der Waals surface area contributed by atoms with Gasteiger partial charge in [0.2, 0.25) is 0 Å². The Labute approximate surface area is 151 Å². The van der Waals surface area contributed by atoms with Gasteiger partial charge in [-0.3, -0.25) is 4.79 Å². The van der Waals surface area contributed by atoms with Gasteiger partial charge < -0.3 is 4.90 Å². The Morgan fingerprint density at radius 3 is 1.92 bits per heavy atom. The highest BCUT2D eigenvalue weighted by atomic mass is 35.5. The van der Waals surface area contributed by atoms with Gasteiger partial charge in [0.25, 0.3) is 0 Å². The standard InChI is InChI=1S/C21H25NO.ClH/c1-22(2)16-17-15-21(14-13-20(17)23,18-9-5-3-6-10-18)19-11-7-4-8-12-19;/h3-12,17H,13-16H2,1-2H3;1H. The molecule has 1 saturated carbocycles. The summed E-state index contributed by atoms with van der Waals surface area (Å²) in [5, 5.41) is 0. The molecular formula is C21H26ClNO. The number of Topliss-reactive ketones (excluding diaryl/α,β-unsaturated/α-hetero) is 1. The van der Waals surface area contributed by atoms with Crippen molar-refractivity contribution in [3.05, 3.63) is 71.8 Å². The maximum Gasteiger partial charge on any atom is 0.137 e. The van der Waals surface area contributed by atoms with E-state index >= 15 is 0 Å². The topological polar surface area (TPSA) is 20.3 Å². The van der Waals surface area contributed by atoms with Gasteiger partial charge in [0.1, 0.15) is 5.78 Å². The van der Waals surface area contributed by atoms with Gasteiger partial charge >= 0.3 is 0 Å². The van der Waals surface area contributed by atoms with Crippen LogP contribution in [-0.4, -0.2) is 31.3 Å². The number of carbonyl (C=O) groups is 1. The normalized spacial score (nSPS) is 19.8. The third kappa shape index (κ3) is 3.71. The molecule has 0 N–H and O–H groups in total. The van der Waals surface area contributed by atoms with E-state index in [-0.39, 0.29) is 23.7 Å². The smallest absolute Gasteiger partial charge is 0.137 e. The molecule has 0 heterocycles. The Balaban J connectivity index is 0.00000208. The summed E-state index contributed by atoms with van der Waals surface area (Å²) in [6.45, 7) is 0.834. The van der Waals surface area contributed by atoms with Gasteiger partial charge in [-0.15, -0.1) is 12.4 Å². The van der Waals surface area contributed by atoms with E-state index < -0.39 is 0 Å². The highest BCUT2D eigenvalue weighted by Crippen LogP contribution is 2.45. The van der Waals surface area contributed by atoms with Gasteiger partial charge in [0.05, 0.1) is 0 Å². The highest BCUT2D eigenvalue weighted by molar-refractivity contribution is 5.85. The minimum absolute atomic E-state index is 0. The molecule has 0 radical (unpaired) electrons. The van der Waals surface area contributed by atoms with Crippen molar-refractivity contribution in [2.45, 2.75) is 24.7 Å². The summed E-state index contributed by atoms with van der Waals surface area (Å²) in [6.07, 6.45) is 2.48. The first kappa shape index (κ1) is 18.7. The number of carbonyl (C=O) groups excluding carboxylic acids is 1. The fourth-order valence-corrected chi connectivity index (χ4v) is 3.99. The van der Waals surface area contributed by atoms with E-state index in [4.69, 9.17) is 0 Å². The average Bonchev–Trinajstić information content (AvgIpc) is 2.58. The van der Waals surface area contributed by atoms with Crippen molar-refractivity contribution < 1.29 is 4.79 Å². The molecule has 1 atom stereocenters. The van der Waals surface area contributed by atoms with E-state index in [1.54, 1.807) is 0 Å². The molecule has 0 bridgehead atoms. The van der Waals surface area contributed by atoms with Crippen LogP contribution in [0.2, 0.25) is 0 Å². The van der Waals surface area contributed by atoms with Crippen LogP contribution in [0, 0.1) is 5.92 Å². The molecular weight excluding hydrogens is 318 g/mol. The van der Waals surface area contributed by atoms with Crippen molar-refractivity contribution >= 4 is 18.2 Å². The summed E-state index contributed by atoms with van der Waals surface area (Å²) in [5.41, 5.74) is 2.63. The maximum atomic E-state index is 12.5. The average molecular weight is 344 g/mol. The van der Waals surface area contributed by atoms with Crippen LogP contribution < -0.4 is 0 Å². The van der Waals surface area contributed by atoms with E-state index in [1.807, 2.05) is 0 Å². The Morgan fingerprint density at radius 2 is 1.46 bits per heavy atom. The molecule has 1 aliphatic rings. The lowest BCUT2D eigenvalue weighted by atomic mass is 9.62. The second kappa shape index (κ2) is 7.96. The fraction of sp³-hybridized carbons (Fsp3) is 0.381. The van der Waals surface area contributed by atoms with Gasteiger partial charge in [-0.25, -0.2) is 0 Å². The summed E-state index contributed by atoms with van der Waals surface area (Å²) >= 11 is 0. The number of hydrogen-bond donors (Lipinski definition) is 0. The molecule has 2 aromatic carbocycles.